The van der Waals surface area contributed by atoms with E-state index in [1.807, 2.05) is 57.2 Å². The van der Waals surface area contributed by atoms with E-state index < -0.39 is 132 Å². The Morgan fingerprint density at radius 1 is 0.590 bits per heavy atom. The monoisotopic (exact) mass is 1090 g/mol. The molecule has 21 heteroatoms. The zero-order chi connectivity index (χ0) is 58.3. The molecular weight excluding hydrogens is 999 g/mol. The average Bonchev–Trinajstić information content (AvgIpc) is 3.43. The Hall–Kier alpha value is -6.45. The number of likely N-dealkylation sites (N-methyl/N-ethyl adjacent to an activating group) is 5. The standard InChI is InChI=1S/C57H89N11O10/c1-34(2)30-42-54(75)66(13)46(33-69)56(77)68-43(26-21-28-59-68)55(76)65(12)45(32-41-24-19-16-20-25-41)51(72)62-48(35(3)4)57(78)63(10)39(9)50(71)58-29-27-47(70)67(14)49(36(5)6)52(73)61-38(8)53(74)64(11)44(37(7)60-42)31-40-22-17-15-18-23-40/h15-20,22-25,34-39,42-46,48-49,59-60,69H,21,26-33H2,1-14H3,(H,58,71)(H,61,73)(H,62,72). The maximum absolute atomic E-state index is 14.9. The first kappa shape index (κ1) is 64.1. The third-order valence-corrected chi connectivity index (χ3v) is 15.2. The zero-order valence-corrected chi connectivity index (χ0v) is 48.4. The van der Waals surface area contributed by atoms with Crippen molar-refractivity contribution in [3.8, 4) is 0 Å². The smallest absolute Gasteiger partial charge is 0.262 e. The topological polar surface area (TPSA) is 253 Å². The highest BCUT2D eigenvalue weighted by Gasteiger charge is 2.44. The fraction of sp³-hybridized carbons (Fsp3) is 0.632. The number of fused-ring (bicyclic) bond motifs is 1. The lowest BCUT2D eigenvalue weighted by molar-refractivity contribution is -0.159. The first-order valence-corrected chi connectivity index (χ1v) is 27.5. The molecule has 9 amide bonds. The van der Waals surface area contributed by atoms with Crippen molar-refractivity contribution in [3.63, 3.8) is 0 Å². The molecule has 2 aromatic carbocycles. The van der Waals surface area contributed by atoms with Gasteiger partial charge < -0.3 is 50.9 Å². The summed E-state index contributed by atoms with van der Waals surface area (Å²) in [5, 5.41) is 24.0. The third-order valence-electron chi connectivity index (χ3n) is 15.2. The lowest BCUT2D eigenvalue weighted by Gasteiger charge is -2.42. The van der Waals surface area contributed by atoms with Crippen LogP contribution in [0.2, 0.25) is 0 Å². The second kappa shape index (κ2) is 29.5. The summed E-state index contributed by atoms with van der Waals surface area (Å²) in [7, 11) is 7.43. The second-order valence-corrected chi connectivity index (χ2v) is 22.2. The quantitative estimate of drug-likeness (QED) is 0.208. The fourth-order valence-electron chi connectivity index (χ4n) is 10.3. The van der Waals surface area contributed by atoms with Crippen LogP contribution in [0.4, 0.5) is 0 Å². The number of hydrogen-bond acceptors (Lipinski definition) is 12. The maximum atomic E-state index is 14.9. The van der Waals surface area contributed by atoms with Crippen LogP contribution in [0.15, 0.2) is 60.7 Å². The van der Waals surface area contributed by atoms with Crippen molar-refractivity contribution in [2.24, 2.45) is 17.8 Å². The number of carbonyl (C=O) groups is 9. The Kier molecular flexibility index (Phi) is 24.2. The van der Waals surface area contributed by atoms with E-state index in [1.165, 1.54) is 54.7 Å². The van der Waals surface area contributed by atoms with Crippen LogP contribution >= 0.6 is 0 Å². The highest BCUT2D eigenvalue weighted by Crippen LogP contribution is 2.22. The number of nitrogens with zero attached hydrogens (tertiary/aromatic N) is 6. The predicted octanol–water partition coefficient (Wildman–Crippen LogP) is 1.33. The molecule has 21 nitrogen and oxygen atoms in total. The zero-order valence-electron chi connectivity index (χ0n) is 48.4. The molecule has 2 fully saturated rings. The van der Waals surface area contributed by atoms with Gasteiger partial charge in [0, 0.05) is 67.2 Å². The molecule has 2 aliphatic heterocycles. The van der Waals surface area contributed by atoms with E-state index in [1.54, 1.807) is 70.8 Å². The van der Waals surface area contributed by atoms with Crippen LogP contribution in [0.1, 0.15) is 99.1 Å². The number of aliphatic hydroxyl groups excluding tert-OH is 1. The minimum Gasteiger partial charge on any atom is -0.394 e. The number of carbonyl (C=O) groups excluding carboxylic acids is 9. The summed E-state index contributed by atoms with van der Waals surface area (Å²) in [5.74, 6) is -6.05. The lowest BCUT2D eigenvalue weighted by Crippen LogP contribution is -2.66. The van der Waals surface area contributed by atoms with Gasteiger partial charge in [0.1, 0.15) is 42.3 Å². The number of hydrogen-bond donors (Lipinski definition) is 6. The van der Waals surface area contributed by atoms with Crippen molar-refractivity contribution < 1.29 is 48.3 Å². The number of nitrogens with one attached hydrogen (secondary N) is 5. The van der Waals surface area contributed by atoms with E-state index >= 15 is 0 Å². The van der Waals surface area contributed by atoms with E-state index in [9.17, 15) is 48.3 Å². The molecule has 0 aliphatic carbocycles. The molecule has 0 saturated carbocycles. The van der Waals surface area contributed by atoms with E-state index in [-0.39, 0.29) is 31.7 Å². The van der Waals surface area contributed by atoms with Crippen LogP contribution in [0.5, 0.6) is 0 Å². The molecular formula is C57H89N11O10. The summed E-state index contributed by atoms with van der Waals surface area (Å²) in [4.78, 5) is 136. The maximum Gasteiger partial charge on any atom is 0.262 e. The first-order valence-electron chi connectivity index (χ1n) is 27.5. The van der Waals surface area contributed by atoms with Gasteiger partial charge >= 0.3 is 0 Å². The molecule has 10 unspecified atom stereocenters. The SMILES string of the molecule is CC(C)CC1NC(C)C(Cc2ccccc2)N(C)C(=O)C(C)NC(=O)C(C(C)C)N(C)C(=O)CCNC(=O)C(C)N(C)C(=O)C(C(C)C)NC(=O)C(Cc2ccccc2)N(C)C(=O)C2CCCNN2C(=O)C(CO)N(C)C1=O. The Bertz CT molecular complexity index is 2370. The van der Waals surface area contributed by atoms with Gasteiger partial charge in [0.05, 0.1) is 18.7 Å². The molecule has 2 aromatic rings. The van der Waals surface area contributed by atoms with E-state index in [0.29, 0.717) is 31.4 Å². The summed E-state index contributed by atoms with van der Waals surface area (Å²) in [6.07, 6.45) is 1.14. The highest BCUT2D eigenvalue weighted by atomic mass is 16.3. The lowest BCUT2D eigenvalue weighted by atomic mass is 9.95. The Morgan fingerprint density at radius 2 is 1.17 bits per heavy atom. The minimum atomic E-state index is -1.46. The molecule has 4 rings (SSSR count). The molecule has 0 bridgehead atoms. The number of aliphatic hydroxyl groups is 1. The number of benzene rings is 2. The summed E-state index contributed by atoms with van der Waals surface area (Å²) >= 11 is 0. The van der Waals surface area contributed by atoms with Gasteiger partial charge in [-0.2, -0.15) is 0 Å². The Balaban J connectivity index is 1.82. The molecule has 0 radical (unpaired) electrons. The summed E-state index contributed by atoms with van der Waals surface area (Å²) in [5.41, 5.74) is 4.65. The van der Waals surface area contributed by atoms with Crippen LogP contribution in [0, 0.1) is 17.8 Å². The summed E-state index contributed by atoms with van der Waals surface area (Å²) < 4.78 is 0. The summed E-state index contributed by atoms with van der Waals surface area (Å²) in [6.45, 7) is 15.2. The molecule has 432 valence electrons. The fourth-order valence-corrected chi connectivity index (χ4v) is 10.3. The van der Waals surface area contributed by atoms with Crippen molar-refractivity contribution in [1.29, 1.82) is 0 Å². The van der Waals surface area contributed by atoms with Gasteiger partial charge in [-0.3, -0.25) is 48.2 Å². The predicted molar refractivity (Wildman–Crippen MR) is 296 cm³/mol. The van der Waals surface area contributed by atoms with Gasteiger partial charge in [-0.25, -0.2) is 5.43 Å². The van der Waals surface area contributed by atoms with Gasteiger partial charge in [-0.1, -0.05) is 102 Å². The van der Waals surface area contributed by atoms with Gasteiger partial charge in [0.2, 0.25) is 47.3 Å². The normalized spacial score (nSPS) is 27.5. The van der Waals surface area contributed by atoms with Crippen LogP contribution in [0.3, 0.4) is 0 Å². The molecule has 10 atom stereocenters. The van der Waals surface area contributed by atoms with Crippen molar-refractivity contribution >= 4 is 53.2 Å². The third kappa shape index (κ3) is 16.5. The van der Waals surface area contributed by atoms with Crippen LogP contribution in [-0.4, -0.2) is 203 Å². The molecule has 0 spiro atoms. The number of hydrazine groups is 1. The minimum absolute atomic E-state index is 0.0293. The molecule has 78 heavy (non-hydrogen) atoms. The van der Waals surface area contributed by atoms with Crippen LogP contribution in [0.25, 0.3) is 0 Å². The molecule has 2 aliphatic rings. The second-order valence-electron chi connectivity index (χ2n) is 22.2. The van der Waals surface area contributed by atoms with Gasteiger partial charge in [-0.15, -0.1) is 0 Å². The first-order chi connectivity index (χ1) is 36.7. The van der Waals surface area contributed by atoms with Crippen molar-refractivity contribution in [3.05, 3.63) is 71.8 Å². The van der Waals surface area contributed by atoms with Crippen molar-refractivity contribution in [2.75, 3.05) is 54.9 Å². The van der Waals surface area contributed by atoms with Crippen molar-refractivity contribution in [1.82, 2.24) is 56.2 Å². The largest absolute Gasteiger partial charge is 0.394 e. The van der Waals surface area contributed by atoms with Gasteiger partial charge in [0.25, 0.3) is 5.91 Å². The number of amides is 9. The molecule has 2 heterocycles. The van der Waals surface area contributed by atoms with Gasteiger partial charge in [-0.05, 0) is 75.3 Å². The molecule has 2 saturated heterocycles. The van der Waals surface area contributed by atoms with E-state index in [0.717, 1.165) is 10.6 Å². The molecule has 6 N–H and O–H groups in total. The van der Waals surface area contributed by atoms with E-state index in [4.69, 9.17) is 0 Å². The summed E-state index contributed by atoms with van der Waals surface area (Å²) in [6, 6.07) is 8.31. The average molecular weight is 1090 g/mol. The van der Waals surface area contributed by atoms with Crippen LogP contribution < -0.4 is 26.7 Å². The van der Waals surface area contributed by atoms with Crippen LogP contribution in [-0.2, 0) is 56.0 Å². The van der Waals surface area contributed by atoms with Gasteiger partial charge in [0.15, 0.2) is 0 Å². The molecule has 0 aromatic heterocycles. The Morgan fingerprint density at radius 3 is 1.72 bits per heavy atom. The Labute approximate surface area is 461 Å². The van der Waals surface area contributed by atoms with Crippen molar-refractivity contribution in [2.45, 2.75) is 161 Å². The highest BCUT2D eigenvalue weighted by molar-refractivity contribution is 5.97. The van der Waals surface area contributed by atoms with E-state index in [2.05, 4.69) is 26.7 Å². The number of rotatable bonds is 9.